The average Bonchev–Trinajstić information content (AvgIpc) is 2.52. The van der Waals surface area contributed by atoms with Crippen molar-refractivity contribution in [1.82, 2.24) is 4.73 Å². The Balaban J connectivity index is 2.81. The van der Waals surface area contributed by atoms with Gasteiger partial charge in [0.1, 0.15) is 5.52 Å². The lowest BCUT2D eigenvalue weighted by molar-refractivity contribution is -0.469. The minimum Gasteiger partial charge on any atom is -0.805 e. The van der Waals surface area contributed by atoms with Crippen molar-refractivity contribution < 1.29 is 23.5 Å². The summed E-state index contributed by atoms with van der Waals surface area (Å²) in [5, 5.41) is 12.2. The van der Waals surface area contributed by atoms with Crippen LogP contribution in [0.15, 0.2) is 18.2 Å². The second kappa shape index (κ2) is 5.84. The number of carbonyl (C=O) groups is 2. The largest absolute Gasteiger partial charge is 0.805 e. The molecule has 0 fully saturated rings. The van der Waals surface area contributed by atoms with Crippen LogP contribution >= 0.6 is 0 Å². The van der Waals surface area contributed by atoms with Crippen LogP contribution in [0.5, 0.6) is 0 Å². The molecule has 116 valence electrons. The number of nitrogens with zero attached hydrogens (tertiary/aromatic N) is 2. The van der Waals surface area contributed by atoms with Gasteiger partial charge < -0.3 is 19.4 Å². The first kappa shape index (κ1) is 15.5. The number of methoxy groups -OCH3 is 1. The van der Waals surface area contributed by atoms with Crippen LogP contribution in [0.1, 0.15) is 33.5 Å². The summed E-state index contributed by atoms with van der Waals surface area (Å²) in [5.41, 5.74) is -0.476. The summed E-state index contributed by atoms with van der Waals surface area (Å²) in [4.78, 5) is 35.8. The van der Waals surface area contributed by atoms with Crippen molar-refractivity contribution in [2.24, 2.45) is 0 Å². The summed E-state index contributed by atoms with van der Waals surface area (Å²) in [5.74, 6) is -1.55. The van der Waals surface area contributed by atoms with Crippen LogP contribution in [0.3, 0.4) is 0 Å². The van der Waals surface area contributed by atoms with Crippen LogP contribution in [-0.2, 0) is 9.47 Å². The molecule has 0 N–H and O–H groups in total. The van der Waals surface area contributed by atoms with E-state index in [4.69, 9.17) is 4.74 Å². The van der Waals surface area contributed by atoms with Gasteiger partial charge in [0.05, 0.1) is 29.4 Å². The molecule has 0 aliphatic carbocycles. The van der Waals surface area contributed by atoms with E-state index in [2.05, 4.69) is 4.74 Å². The minimum atomic E-state index is -0.898. The van der Waals surface area contributed by atoms with E-state index in [-0.39, 0.29) is 28.9 Å². The van der Waals surface area contributed by atoms with Crippen molar-refractivity contribution in [3.8, 4) is 0 Å². The number of hydrogen-bond acceptors (Lipinski definition) is 6. The Bertz CT molecular complexity index is 824. The monoisotopic (exact) mass is 306 g/mol. The molecule has 0 bridgehead atoms. The summed E-state index contributed by atoms with van der Waals surface area (Å²) in [6.07, 6.45) is 0. The fraction of sp³-hybridized carbons (Fsp3) is 0.286. The molecule has 8 heteroatoms. The fourth-order valence-electron chi connectivity index (χ4n) is 2.08. The summed E-state index contributed by atoms with van der Waals surface area (Å²) < 4.78 is 10.1. The van der Waals surface area contributed by atoms with Crippen molar-refractivity contribution in [2.45, 2.75) is 13.8 Å². The van der Waals surface area contributed by atoms with Crippen LogP contribution < -0.4 is 4.43 Å². The number of benzene rings is 1. The Labute approximate surface area is 125 Å². The highest BCUT2D eigenvalue weighted by molar-refractivity contribution is 5.94. The third-order valence-electron chi connectivity index (χ3n) is 3.15. The van der Waals surface area contributed by atoms with Gasteiger partial charge in [0.2, 0.25) is 0 Å². The third kappa shape index (κ3) is 2.39. The Morgan fingerprint density at radius 3 is 2.59 bits per heavy atom. The van der Waals surface area contributed by atoms with Crippen molar-refractivity contribution in [3.05, 3.63) is 45.3 Å². The van der Waals surface area contributed by atoms with Gasteiger partial charge in [-0.2, -0.15) is 0 Å². The maximum absolute atomic E-state index is 12.4. The lowest BCUT2D eigenvalue weighted by Gasteiger charge is -2.16. The molecule has 0 atom stereocenters. The van der Waals surface area contributed by atoms with Gasteiger partial charge in [-0.15, -0.1) is 0 Å². The van der Waals surface area contributed by atoms with Crippen LogP contribution in [0, 0.1) is 17.0 Å². The smallest absolute Gasteiger partial charge is 0.410 e. The number of hydrogen-bond donors (Lipinski definition) is 0. The lowest BCUT2D eigenvalue weighted by atomic mass is 10.1. The summed E-state index contributed by atoms with van der Waals surface area (Å²) in [6.45, 7) is 3.00. The highest BCUT2D eigenvalue weighted by Gasteiger charge is 2.28. The topological polar surface area (TPSA) is 104 Å². The molecule has 22 heavy (non-hydrogen) atoms. The van der Waals surface area contributed by atoms with Gasteiger partial charge in [-0.25, -0.2) is 9.59 Å². The molecular formula is C14H14N2O6. The molecule has 2 rings (SSSR count). The normalized spacial score (nSPS) is 10.5. The number of ether oxygens (including phenoxy) is 2. The van der Waals surface area contributed by atoms with Crippen LogP contribution in [0.2, 0.25) is 0 Å². The zero-order valence-corrected chi connectivity index (χ0v) is 12.3. The molecule has 1 aromatic heterocycles. The number of rotatable bonds is 3. The molecule has 0 spiro atoms. The third-order valence-corrected chi connectivity index (χ3v) is 3.15. The van der Waals surface area contributed by atoms with Crippen molar-refractivity contribution in [2.75, 3.05) is 13.7 Å². The van der Waals surface area contributed by atoms with Gasteiger partial charge in [0.15, 0.2) is 0 Å². The Hall–Kier alpha value is -2.90. The van der Waals surface area contributed by atoms with Crippen molar-refractivity contribution >= 4 is 23.0 Å². The van der Waals surface area contributed by atoms with Gasteiger partial charge in [0.25, 0.3) is 5.52 Å². The number of aromatic nitrogens is 2. The first-order valence-corrected chi connectivity index (χ1v) is 6.47. The number of carbonyl (C=O) groups excluding carboxylic acids is 2. The highest BCUT2D eigenvalue weighted by Crippen LogP contribution is 2.17. The fourth-order valence-corrected chi connectivity index (χ4v) is 2.08. The molecule has 0 amide bonds. The van der Waals surface area contributed by atoms with E-state index in [1.165, 1.54) is 32.2 Å². The van der Waals surface area contributed by atoms with Crippen LogP contribution in [0.25, 0.3) is 11.0 Å². The van der Waals surface area contributed by atoms with Crippen LogP contribution in [-0.4, -0.2) is 30.4 Å². The SMILES string of the molecule is CCOC(=O)c1c(C)n([O-])c2ccc(C(=O)OC)cc2[n+]1=O. The molecule has 2 aromatic rings. The molecule has 0 aliphatic rings. The van der Waals surface area contributed by atoms with Crippen molar-refractivity contribution in [3.63, 3.8) is 0 Å². The van der Waals surface area contributed by atoms with Gasteiger partial charge in [0, 0.05) is 11.0 Å². The second-order valence-electron chi connectivity index (χ2n) is 4.44. The summed E-state index contributed by atoms with van der Waals surface area (Å²) in [6, 6.07) is 3.89. The van der Waals surface area contributed by atoms with Gasteiger partial charge in [-0.3, -0.25) is 0 Å². The average molecular weight is 306 g/mol. The maximum atomic E-state index is 12.4. The molecule has 0 aliphatic heterocycles. The molecular weight excluding hydrogens is 292 g/mol. The molecule has 8 nitrogen and oxygen atoms in total. The van der Waals surface area contributed by atoms with E-state index >= 15 is 0 Å². The summed E-state index contributed by atoms with van der Waals surface area (Å²) in [7, 11) is 1.20. The van der Waals surface area contributed by atoms with Gasteiger partial charge >= 0.3 is 17.6 Å². The lowest BCUT2D eigenvalue weighted by Crippen LogP contribution is -2.31. The maximum Gasteiger partial charge on any atom is 0.410 e. The van der Waals surface area contributed by atoms with Crippen molar-refractivity contribution in [1.29, 1.82) is 0 Å². The predicted molar refractivity (Wildman–Crippen MR) is 76.1 cm³/mol. The second-order valence-corrected chi connectivity index (χ2v) is 4.44. The number of esters is 2. The highest BCUT2D eigenvalue weighted by atomic mass is 16.5. The van der Waals surface area contributed by atoms with Crippen LogP contribution in [0.4, 0.5) is 0 Å². The quantitative estimate of drug-likeness (QED) is 0.623. The first-order valence-electron chi connectivity index (χ1n) is 6.47. The molecule has 0 saturated heterocycles. The number of fused-ring (bicyclic) bond motifs is 1. The van der Waals surface area contributed by atoms with Gasteiger partial charge in [-0.1, -0.05) is 0 Å². The molecule has 0 saturated carbocycles. The standard InChI is InChI=1S/C14H14N2O6/c1-4-22-14(18)12-8(2)15(19)10-6-5-9(13(17)21-3)7-11(10)16(12)20/h5-7H,4H2,1-3H3. The molecule has 1 aromatic carbocycles. The van der Waals surface area contributed by atoms with E-state index in [9.17, 15) is 19.7 Å². The Morgan fingerprint density at radius 2 is 2.00 bits per heavy atom. The summed E-state index contributed by atoms with van der Waals surface area (Å²) >= 11 is 0. The molecule has 0 radical (unpaired) electrons. The van der Waals surface area contributed by atoms with E-state index in [0.717, 1.165) is 0 Å². The van der Waals surface area contributed by atoms with Gasteiger partial charge in [-0.05, 0) is 26.0 Å². The zero-order chi connectivity index (χ0) is 16.4. The minimum absolute atomic E-state index is 0.0354. The van der Waals surface area contributed by atoms with E-state index in [1.54, 1.807) is 6.92 Å². The Kier molecular flexibility index (Phi) is 4.11. The van der Waals surface area contributed by atoms with E-state index < -0.39 is 17.6 Å². The first-order chi connectivity index (χ1) is 10.4. The Morgan fingerprint density at radius 1 is 1.32 bits per heavy atom. The molecule has 1 heterocycles. The van der Waals surface area contributed by atoms with E-state index in [1.807, 2.05) is 0 Å². The zero-order valence-electron chi connectivity index (χ0n) is 12.3. The predicted octanol–water partition coefficient (Wildman–Crippen LogP) is 1.17. The van der Waals surface area contributed by atoms with E-state index in [0.29, 0.717) is 9.16 Å². The molecule has 0 unspecified atom stereocenters.